The molecule has 1 aromatic rings. The van der Waals surface area contributed by atoms with Crippen molar-refractivity contribution in [3.05, 3.63) is 28.8 Å². The molecule has 1 unspecified atom stereocenters. The quantitative estimate of drug-likeness (QED) is 0.780. The highest BCUT2D eigenvalue weighted by atomic mass is 32.2. The van der Waals surface area contributed by atoms with Crippen LogP contribution in [-0.2, 0) is 27.4 Å². The zero-order valence-electron chi connectivity index (χ0n) is 11.4. The van der Waals surface area contributed by atoms with Crippen LogP contribution in [-0.4, -0.2) is 26.7 Å². The van der Waals surface area contributed by atoms with Crippen LogP contribution in [0.15, 0.2) is 17.0 Å². The number of esters is 1. The molecule has 1 aliphatic heterocycles. The topological polar surface area (TPSA) is 60.4 Å². The van der Waals surface area contributed by atoms with Crippen LogP contribution in [0.2, 0.25) is 0 Å². The molecule has 0 radical (unpaired) electrons. The number of benzene rings is 1. The smallest absolute Gasteiger partial charge is 0.338 e. The predicted molar refractivity (Wildman–Crippen MR) is 72.1 cm³/mol. The summed E-state index contributed by atoms with van der Waals surface area (Å²) in [7, 11) is -2.01. The molecule has 1 aliphatic rings. The molecule has 0 aromatic heterocycles. The van der Waals surface area contributed by atoms with Crippen molar-refractivity contribution in [3.8, 4) is 0 Å². The van der Waals surface area contributed by atoms with Crippen LogP contribution in [0.5, 0.6) is 0 Å². The number of carbonyl (C=O) groups excluding carboxylic acids is 1. The van der Waals surface area contributed by atoms with E-state index in [1.54, 1.807) is 6.92 Å². The maximum Gasteiger partial charge on any atom is 0.338 e. The fraction of sp³-hybridized carbons (Fsp3) is 0.500. The molecular weight excluding hydrogens is 264 g/mol. The maximum atomic E-state index is 12.3. The molecule has 0 N–H and O–H groups in total. The Bertz CT molecular complexity index is 617. The lowest BCUT2D eigenvalue weighted by molar-refractivity contribution is 0.0599. The Labute approximate surface area is 113 Å². The molecule has 0 aliphatic carbocycles. The number of hydrogen-bond donors (Lipinski definition) is 0. The normalized spacial score (nSPS) is 20.7. The monoisotopic (exact) mass is 282 g/mol. The van der Waals surface area contributed by atoms with Gasteiger partial charge in [0.1, 0.15) is 0 Å². The van der Waals surface area contributed by atoms with Gasteiger partial charge in [0.15, 0.2) is 9.84 Å². The molecule has 104 valence electrons. The van der Waals surface area contributed by atoms with Gasteiger partial charge in [0.05, 0.1) is 22.8 Å². The molecule has 1 atom stereocenters. The number of ether oxygens (including phenoxy) is 1. The van der Waals surface area contributed by atoms with E-state index in [4.69, 9.17) is 4.74 Å². The Balaban J connectivity index is 2.68. The Morgan fingerprint density at radius 2 is 2.11 bits per heavy atom. The van der Waals surface area contributed by atoms with Crippen LogP contribution in [0.4, 0.5) is 0 Å². The number of sulfone groups is 1. The lowest BCUT2D eigenvalue weighted by atomic mass is 9.98. The molecule has 0 fully saturated rings. The summed E-state index contributed by atoms with van der Waals surface area (Å²) in [6, 6.07) is 3.33. The van der Waals surface area contributed by atoms with Gasteiger partial charge in [-0.15, -0.1) is 0 Å². The molecule has 2 rings (SSSR count). The van der Waals surface area contributed by atoms with E-state index >= 15 is 0 Å². The minimum atomic E-state index is -3.32. The summed E-state index contributed by atoms with van der Waals surface area (Å²) in [6.45, 7) is 3.65. The summed E-state index contributed by atoms with van der Waals surface area (Å²) in [4.78, 5) is 12.0. The third-order valence-electron chi connectivity index (χ3n) is 3.73. The number of hydrogen-bond acceptors (Lipinski definition) is 4. The second-order valence-corrected chi connectivity index (χ2v) is 7.19. The summed E-state index contributed by atoms with van der Waals surface area (Å²) in [5, 5.41) is -0.391. The molecule has 0 saturated heterocycles. The van der Waals surface area contributed by atoms with Crippen LogP contribution in [0.25, 0.3) is 0 Å². The minimum absolute atomic E-state index is 0.295. The van der Waals surface area contributed by atoms with Crippen molar-refractivity contribution >= 4 is 15.8 Å². The first kappa shape index (κ1) is 14.1. The zero-order valence-corrected chi connectivity index (χ0v) is 12.2. The highest BCUT2D eigenvalue weighted by Gasteiger charge is 2.32. The summed E-state index contributed by atoms with van der Waals surface area (Å²) in [6.07, 6.45) is 2.05. The third-order valence-corrected chi connectivity index (χ3v) is 6.02. The zero-order chi connectivity index (χ0) is 14.2. The molecule has 0 saturated carbocycles. The Morgan fingerprint density at radius 3 is 2.68 bits per heavy atom. The molecule has 4 nitrogen and oxygen atoms in total. The predicted octanol–water partition coefficient (Wildman–Crippen LogP) is 2.14. The molecule has 0 amide bonds. The van der Waals surface area contributed by atoms with Crippen molar-refractivity contribution in [2.24, 2.45) is 0 Å². The van der Waals surface area contributed by atoms with Gasteiger partial charge in [0.25, 0.3) is 0 Å². The molecule has 19 heavy (non-hydrogen) atoms. The van der Waals surface area contributed by atoms with E-state index in [2.05, 4.69) is 0 Å². The molecule has 0 bridgehead atoms. The number of rotatable bonds is 2. The van der Waals surface area contributed by atoms with E-state index in [0.29, 0.717) is 23.3 Å². The van der Waals surface area contributed by atoms with Crippen molar-refractivity contribution in [1.82, 2.24) is 0 Å². The second kappa shape index (κ2) is 4.96. The van der Waals surface area contributed by atoms with Crippen LogP contribution in [0.3, 0.4) is 0 Å². The van der Waals surface area contributed by atoms with Gasteiger partial charge >= 0.3 is 5.97 Å². The Morgan fingerprint density at radius 1 is 1.42 bits per heavy atom. The highest BCUT2D eigenvalue weighted by Crippen LogP contribution is 2.32. The molecule has 1 aromatic carbocycles. The fourth-order valence-electron chi connectivity index (χ4n) is 2.46. The van der Waals surface area contributed by atoms with Gasteiger partial charge in [-0.3, -0.25) is 0 Å². The summed E-state index contributed by atoms with van der Waals surface area (Å²) < 4.78 is 29.4. The van der Waals surface area contributed by atoms with Crippen LogP contribution in [0, 0.1) is 0 Å². The van der Waals surface area contributed by atoms with Crippen molar-refractivity contribution in [1.29, 1.82) is 0 Å². The number of fused-ring (bicyclic) bond motifs is 1. The maximum absolute atomic E-state index is 12.3. The Hall–Kier alpha value is -1.36. The molecular formula is C14H18O4S. The van der Waals surface area contributed by atoms with Gasteiger partial charge in [0.2, 0.25) is 0 Å². The minimum Gasteiger partial charge on any atom is -0.465 e. The standard InChI is InChI=1S/C14H18O4S/c1-4-10-7-11-6-5-9(2)19(16,17)13(11)8-12(10)14(15)18-3/h7-9H,4-6H2,1-3H3. The molecule has 5 heteroatoms. The van der Waals surface area contributed by atoms with Crippen LogP contribution in [0.1, 0.15) is 41.8 Å². The Kier molecular flexibility index (Phi) is 3.67. The third kappa shape index (κ3) is 2.27. The van der Waals surface area contributed by atoms with Crippen LogP contribution < -0.4 is 0 Å². The van der Waals surface area contributed by atoms with Crippen molar-refractivity contribution < 1.29 is 17.9 Å². The first-order chi connectivity index (χ1) is 8.91. The van der Waals surface area contributed by atoms with E-state index in [0.717, 1.165) is 17.5 Å². The molecule has 0 spiro atoms. The summed E-state index contributed by atoms with van der Waals surface area (Å²) in [5.41, 5.74) is 2.03. The fourth-order valence-corrected chi connectivity index (χ4v) is 4.13. The SMILES string of the molecule is CCc1cc2c(cc1C(=O)OC)S(=O)(=O)C(C)CC2. The van der Waals surface area contributed by atoms with Gasteiger partial charge < -0.3 is 4.74 Å². The van der Waals surface area contributed by atoms with Gasteiger partial charge in [-0.2, -0.15) is 0 Å². The van der Waals surface area contributed by atoms with Crippen molar-refractivity contribution in [2.45, 2.75) is 43.3 Å². The first-order valence-corrected chi connectivity index (χ1v) is 7.94. The van der Waals surface area contributed by atoms with Crippen molar-refractivity contribution in [3.63, 3.8) is 0 Å². The largest absolute Gasteiger partial charge is 0.465 e. The number of methoxy groups -OCH3 is 1. The van der Waals surface area contributed by atoms with Gasteiger partial charge in [-0.25, -0.2) is 13.2 Å². The van der Waals surface area contributed by atoms with E-state index in [-0.39, 0.29) is 0 Å². The lowest BCUT2D eigenvalue weighted by Gasteiger charge is -2.23. The number of carbonyl (C=O) groups is 1. The molecule has 1 heterocycles. The average molecular weight is 282 g/mol. The first-order valence-electron chi connectivity index (χ1n) is 6.39. The number of aryl methyl sites for hydroxylation is 2. The van der Waals surface area contributed by atoms with Gasteiger partial charge in [0, 0.05) is 0 Å². The van der Waals surface area contributed by atoms with Crippen LogP contribution >= 0.6 is 0 Å². The van der Waals surface area contributed by atoms with E-state index in [9.17, 15) is 13.2 Å². The van der Waals surface area contributed by atoms with E-state index in [1.165, 1.54) is 13.2 Å². The lowest BCUT2D eigenvalue weighted by Crippen LogP contribution is -2.26. The van der Waals surface area contributed by atoms with Crippen molar-refractivity contribution in [2.75, 3.05) is 7.11 Å². The van der Waals surface area contributed by atoms with E-state index < -0.39 is 21.1 Å². The average Bonchev–Trinajstić information content (AvgIpc) is 2.41. The van der Waals surface area contributed by atoms with E-state index in [1.807, 2.05) is 13.0 Å². The second-order valence-electron chi connectivity index (χ2n) is 4.86. The van der Waals surface area contributed by atoms with Gasteiger partial charge in [-0.1, -0.05) is 13.0 Å². The van der Waals surface area contributed by atoms with Gasteiger partial charge in [-0.05, 0) is 43.4 Å². The summed E-state index contributed by atoms with van der Waals surface area (Å²) in [5.74, 6) is -0.479. The highest BCUT2D eigenvalue weighted by molar-refractivity contribution is 7.92. The summed E-state index contributed by atoms with van der Waals surface area (Å²) >= 11 is 0.